The lowest BCUT2D eigenvalue weighted by atomic mass is 9.47. The van der Waals surface area contributed by atoms with E-state index >= 15 is 0 Å². The fourth-order valence-corrected chi connectivity index (χ4v) is 3.85. The third kappa shape index (κ3) is 1.35. The maximum atomic E-state index is 12.8. The number of morpholine rings is 1. The van der Waals surface area contributed by atoms with Crippen LogP contribution in [0.25, 0.3) is 0 Å². The number of rotatable bonds is 1. The van der Waals surface area contributed by atoms with E-state index in [9.17, 15) is 4.79 Å². The molecule has 3 rings (SSSR count). The average molecular weight is 254 g/mol. The molecule has 0 spiro atoms. The Balaban J connectivity index is 1.83. The van der Waals surface area contributed by atoms with E-state index in [-0.39, 0.29) is 23.3 Å². The molecular formula is C13H22N2O3. The van der Waals surface area contributed by atoms with Crippen LogP contribution in [0.15, 0.2) is 0 Å². The van der Waals surface area contributed by atoms with Crippen molar-refractivity contribution in [3.8, 4) is 0 Å². The van der Waals surface area contributed by atoms with Gasteiger partial charge in [0.1, 0.15) is 5.54 Å². The third-order valence-electron chi connectivity index (χ3n) is 5.11. The molecule has 0 bridgehead atoms. The molecule has 0 aromatic heterocycles. The maximum absolute atomic E-state index is 12.8. The zero-order chi connectivity index (χ0) is 13.0. The minimum atomic E-state index is -0.758. The van der Waals surface area contributed by atoms with Crippen LogP contribution < -0.4 is 5.73 Å². The number of hydrogen-bond acceptors (Lipinski definition) is 4. The van der Waals surface area contributed by atoms with Gasteiger partial charge in [0.15, 0.2) is 0 Å². The first-order chi connectivity index (χ1) is 8.49. The van der Waals surface area contributed by atoms with Gasteiger partial charge in [0.2, 0.25) is 5.91 Å². The second-order valence-electron chi connectivity index (χ2n) is 6.18. The SMILES string of the molecule is CC1(C)C2OCCC2C1(N)C(=O)N1CCOCC1. The number of nitrogens with two attached hydrogens (primary N) is 1. The molecule has 1 saturated carbocycles. The van der Waals surface area contributed by atoms with Crippen LogP contribution in [0.2, 0.25) is 0 Å². The standard InChI is InChI=1S/C13H22N2O3/c1-12(2)10-9(3-6-18-10)13(12,14)11(16)15-4-7-17-8-5-15/h9-10H,3-8,14H2,1-2H3. The van der Waals surface area contributed by atoms with Crippen molar-refractivity contribution in [2.45, 2.75) is 31.9 Å². The monoisotopic (exact) mass is 254 g/mol. The van der Waals surface area contributed by atoms with Gasteiger partial charge < -0.3 is 20.1 Å². The Bertz CT molecular complexity index is 365. The van der Waals surface area contributed by atoms with Gasteiger partial charge in [-0.05, 0) is 6.42 Å². The van der Waals surface area contributed by atoms with E-state index in [0.717, 1.165) is 13.0 Å². The van der Waals surface area contributed by atoms with Gasteiger partial charge in [0.05, 0.1) is 19.3 Å². The normalized spacial score (nSPS) is 42.3. The lowest BCUT2D eigenvalue weighted by Gasteiger charge is -2.61. The van der Waals surface area contributed by atoms with Crippen molar-refractivity contribution in [3.05, 3.63) is 0 Å². The van der Waals surface area contributed by atoms with E-state index in [1.54, 1.807) is 0 Å². The predicted octanol–water partition coefficient (Wildman–Crippen LogP) is -0.0124. The summed E-state index contributed by atoms with van der Waals surface area (Å²) in [6.07, 6.45) is 1.05. The smallest absolute Gasteiger partial charge is 0.243 e. The summed E-state index contributed by atoms with van der Waals surface area (Å²) in [7, 11) is 0. The molecule has 3 unspecified atom stereocenters. The Hall–Kier alpha value is -0.650. The van der Waals surface area contributed by atoms with Gasteiger partial charge in [-0.3, -0.25) is 4.79 Å². The van der Waals surface area contributed by atoms with E-state index in [1.807, 2.05) is 4.90 Å². The maximum Gasteiger partial charge on any atom is 0.243 e. The highest BCUT2D eigenvalue weighted by Gasteiger charge is 2.71. The second-order valence-corrected chi connectivity index (χ2v) is 6.18. The van der Waals surface area contributed by atoms with Crippen molar-refractivity contribution in [2.75, 3.05) is 32.9 Å². The first-order valence-electron chi connectivity index (χ1n) is 6.77. The van der Waals surface area contributed by atoms with E-state index in [4.69, 9.17) is 15.2 Å². The zero-order valence-electron chi connectivity index (χ0n) is 11.1. The molecule has 0 aromatic carbocycles. The van der Waals surface area contributed by atoms with Crippen molar-refractivity contribution in [1.82, 2.24) is 4.90 Å². The first-order valence-corrected chi connectivity index (χ1v) is 6.77. The Morgan fingerprint density at radius 3 is 2.61 bits per heavy atom. The topological polar surface area (TPSA) is 64.8 Å². The number of ether oxygens (including phenoxy) is 2. The summed E-state index contributed by atoms with van der Waals surface area (Å²) < 4.78 is 11.0. The van der Waals surface area contributed by atoms with Gasteiger partial charge in [0.25, 0.3) is 0 Å². The summed E-state index contributed by atoms with van der Waals surface area (Å²) in [4.78, 5) is 14.6. The quantitative estimate of drug-likeness (QED) is 0.714. The lowest BCUT2D eigenvalue weighted by molar-refractivity contribution is -0.187. The molecule has 3 aliphatic rings. The highest BCUT2D eigenvalue weighted by molar-refractivity contribution is 5.89. The van der Waals surface area contributed by atoms with Crippen LogP contribution in [0.1, 0.15) is 20.3 Å². The molecule has 18 heavy (non-hydrogen) atoms. The summed E-state index contributed by atoms with van der Waals surface area (Å²) in [6.45, 7) is 7.39. The van der Waals surface area contributed by atoms with Crippen LogP contribution in [-0.2, 0) is 14.3 Å². The third-order valence-corrected chi connectivity index (χ3v) is 5.11. The highest BCUT2D eigenvalue weighted by atomic mass is 16.5. The number of fused-ring (bicyclic) bond motifs is 1. The van der Waals surface area contributed by atoms with Gasteiger partial charge in [0, 0.05) is 31.0 Å². The fourth-order valence-electron chi connectivity index (χ4n) is 3.85. The Morgan fingerprint density at radius 2 is 1.94 bits per heavy atom. The van der Waals surface area contributed by atoms with Crippen LogP contribution in [0.4, 0.5) is 0 Å². The predicted molar refractivity (Wildman–Crippen MR) is 65.9 cm³/mol. The van der Waals surface area contributed by atoms with Gasteiger partial charge >= 0.3 is 0 Å². The number of carbonyl (C=O) groups is 1. The number of hydrogen-bond donors (Lipinski definition) is 1. The molecule has 0 aromatic rings. The van der Waals surface area contributed by atoms with Crippen LogP contribution in [-0.4, -0.2) is 55.4 Å². The molecule has 3 atom stereocenters. The Labute approximate surface area is 108 Å². The van der Waals surface area contributed by atoms with Gasteiger partial charge in [-0.25, -0.2) is 0 Å². The van der Waals surface area contributed by atoms with E-state index in [2.05, 4.69) is 13.8 Å². The van der Waals surface area contributed by atoms with Gasteiger partial charge in [-0.2, -0.15) is 0 Å². The molecule has 102 valence electrons. The summed E-state index contributed by atoms with van der Waals surface area (Å²) in [6, 6.07) is 0. The molecular weight excluding hydrogens is 232 g/mol. The zero-order valence-corrected chi connectivity index (χ0v) is 11.1. The molecule has 5 nitrogen and oxygen atoms in total. The van der Waals surface area contributed by atoms with Crippen molar-refractivity contribution in [2.24, 2.45) is 17.1 Å². The van der Waals surface area contributed by atoms with E-state index in [1.165, 1.54) is 0 Å². The molecule has 3 fully saturated rings. The first kappa shape index (κ1) is 12.4. The summed E-state index contributed by atoms with van der Waals surface area (Å²) in [5.74, 6) is 0.269. The molecule has 0 radical (unpaired) electrons. The molecule has 1 amide bonds. The summed E-state index contributed by atoms with van der Waals surface area (Å²) >= 11 is 0. The van der Waals surface area contributed by atoms with Crippen LogP contribution >= 0.6 is 0 Å². The average Bonchev–Trinajstić information content (AvgIpc) is 2.86. The molecule has 1 aliphatic carbocycles. The van der Waals surface area contributed by atoms with Crippen LogP contribution in [0.5, 0.6) is 0 Å². The van der Waals surface area contributed by atoms with Crippen molar-refractivity contribution in [1.29, 1.82) is 0 Å². The van der Waals surface area contributed by atoms with E-state index < -0.39 is 5.54 Å². The van der Waals surface area contributed by atoms with Crippen molar-refractivity contribution >= 4 is 5.91 Å². The summed E-state index contributed by atoms with van der Waals surface area (Å²) in [5, 5.41) is 0. The largest absolute Gasteiger partial charge is 0.378 e. The summed E-state index contributed by atoms with van der Waals surface area (Å²) in [5.41, 5.74) is 5.50. The number of nitrogens with zero attached hydrogens (tertiary/aromatic N) is 1. The second kappa shape index (κ2) is 3.92. The molecule has 2 aliphatic heterocycles. The minimum absolute atomic E-state index is 0.0857. The molecule has 2 heterocycles. The van der Waals surface area contributed by atoms with Crippen LogP contribution in [0.3, 0.4) is 0 Å². The van der Waals surface area contributed by atoms with E-state index in [0.29, 0.717) is 26.3 Å². The van der Waals surface area contributed by atoms with Crippen molar-refractivity contribution in [3.63, 3.8) is 0 Å². The Kier molecular flexibility index (Phi) is 2.70. The van der Waals surface area contributed by atoms with Gasteiger partial charge in [-0.1, -0.05) is 13.8 Å². The minimum Gasteiger partial charge on any atom is -0.378 e. The van der Waals surface area contributed by atoms with Gasteiger partial charge in [-0.15, -0.1) is 0 Å². The Morgan fingerprint density at radius 1 is 1.28 bits per heavy atom. The fraction of sp³-hybridized carbons (Fsp3) is 0.923. The number of amides is 1. The molecule has 5 heteroatoms. The highest BCUT2D eigenvalue weighted by Crippen LogP contribution is 2.58. The molecule has 2 N–H and O–H groups in total. The van der Waals surface area contributed by atoms with Crippen LogP contribution in [0, 0.1) is 11.3 Å². The van der Waals surface area contributed by atoms with Crippen molar-refractivity contribution < 1.29 is 14.3 Å². The molecule has 2 saturated heterocycles. The number of carbonyl (C=O) groups excluding carboxylic acids is 1. The lowest BCUT2D eigenvalue weighted by Crippen LogP contribution is -2.80.